The SMILES string of the molecule is CC(=O)Nc1ccccc1OC[C@H]1CC1(Cl)Cl. The summed E-state index contributed by atoms with van der Waals surface area (Å²) < 4.78 is 4.98. The van der Waals surface area contributed by atoms with Crippen molar-refractivity contribution in [3.05, 3.63) is 24.3 Å². The minimum absolute atomic E-state index is 0.128. The van der Waals surface area contributed by atoms with Gasteiger partial charge in [-0.15, -0.1) is 23.2 Å². The van der Waals surface area contributed by atoms with Crippen molar-refractivity contribution in [3.63, 3.8) is 0 Å². The number of anilines is 1. The van der Waals surface area contributed by atoms with Crippen LogP contribution in [0.25, 0.3) is 0 Å². The van der Waals surface area contributed by atoms with Crippen LogP contribution in [0.3, 0.4) is 0 Å². The van der Waals surface area contributed by atoms with Gasteiger partial charge in [-0.3, -0.25) is 4.79 Å². The van der Waals surface area contributed by atoms with Crippen molar-refractivity contribution in [1.29, 1.82) is 0 Å². The maximum Gasteiger partial charge on any atom is 0.221 e. The molecule has 0 spiro atoms. The normalized spacial score (nSPS) is 20.8. The molecule has 0 radical (unpaired) electrons. The van der Waals surface area contributed by atoms with Gasteiger partial charge < -0.3 is 10.1 Å². The van der Waals surface area contributed by atoms with Gasteiger partial charge in [0.1, 0.15) is 10.1 Å². The Morgan fingerprint density at radius 3 is 2.76 bits per heavy atom. The molecule has 0 aromatic heterocycles. The van der Waals surface area contributed by atoms with Crippen LogP contribution < -0.4 is 10.1 Å². The molecule has 2 rings (SSSR count). The number of ether oxygens (including phenoxy) is 1. The maximum absolute atomic E-state index is 11.0. The largest absolute Gasteiger partial charge is 0.491 e. The third-order valence-electron chi connectivity index (χ3n) is 2.59. The van der Waals surface area contributed by atoms with Crippen LogP contribution in [0.15, 0.2) is 24.3 Å². The highest BCUT2D eigenvalue weighted by Crippen LogP contribution is 2.53. The molecule has 0 saturated heterocycles. The van der Waals surface area contributed by atoms with Crippen molar-refractivity contribution in [2.75, 3.05) is 11.9 Å². The Morgan fingerprint density at radius 1 is 1.53 bits per heavy atom. The van der Waals surface area contributed by atoms with Crippen LogP contribution in [-0.2, 0) is 4.79 Å². The first kappa shape index (κ1) is 12.5. The Bertz CT molecular complexity index is 434. The molecule has 17 heavy (non-hydrogen) atoms. The molecule has 0 unspecified atom stereocenters. The second kappa shape index (κ2) is 4.75. The van der Waals surface area contributed by atoms with Gasteiger partial charge in [-0.1, -0.05) is 12.1 Å². The summed E-state index contributed by atoms with van der Waals surface area (Å²) >= 11 is 11.8. The second-order valence-electron chi connectivity index (χ2n) is 4.15. The van der Waals surface area contributed by atoms with Gasteiger partial charge in [-0.2, -0.15) is 0 Å². The van der Waals surface area contributed by atoms with E-state index in [1.54, 1.807) is 12.1 Å². The Labute approximate surface area is 110 Å². The summed E-state index contributed by atoms with van der Waals surface area (Å²) in [6.45, 7) is 1.92. The molecule has 5 heteroatoms. The van der Waals surface area contributed by atoms with Crippen LogP contribution in [0, 0.1) is 5.92 Å². The zero-order valence-electron chi connectivity index (χ0n) is 9.37. The van der Waals surface area contributed by atoms with Crippen molar-refractivity contribution in [2.45, 2.75) is 17.7 Å². The number of nitrogens with one attached hydrogen (secondary N) is 1. The predicted octanol–water partition coefficient (Wildman–Crippen LogP) is 3.22. The number of benzene rings is 1. The molecule has 1 N–H and O–H groups in total. The van der Waals surface area contributed by atoms with Gasteiger partial charge in [-0.05, 0) is 18.6 Å². The number of carbonyl (C=O) groups is 1. The van der Waals surface area contributed by atoms with E-state index in [1.165, 1.54) is 6.92 Å². The Balaban J connectivity index is 1.98. The van der Waals surface area contributed by atoms with Gasteiger partial charge in [-0.25, -0.2) is 0 Å². The monoisotopic (exact) mass is 273 g/mol. The van der Waals surface area contributed by atoms with E-state index in [0.29, 0.717) is 18.0 Å². The van der Waals surface area contributed by atoms with Gasteiger partial charge in [0.15, 0.2) is 0 Å². The number of para-hydroxylation sites is 2. The number of hydrogen-bond donors (Lipinski definition) is 1. The van der Waals surface area contributed by atoms with Gasteiger partial charge >= 0.3 is 0 Å². The molecule has 3 nitrogen and oxygen atoms in total. The molecule has 0 bridgehead atoms. The molecule has 1 fully saturated rings. The summed E-state index contributed by atoms with van der Waals surface area (Å²) in [6.07, 6.45) is 0.748. The number of amides is 1. The first-order chi connectivity index (χ1) is 7.99. The Kier molecular flexibility index (Phi) is 3.50. The molecule has 1 aromatic carbocycles. The maximum atomic E-state index is 11.0. The zero-order chi connectivity index (χ0) is 12.5. The Hall–Kier alpha value is -0.930. The molecule has 1 amide bonds. The van der Waals surface area contributed by atoms with Crippen molar-refractivity contribution in [1.82, 2.24) is 0 Å². The predicted molar refractivity (Wildman–Crippen MR) is 68.8 cm³/mol. The lowest BCUT2D eigenvalue weighted by atomic mass is 10.3. The third-order valence-corrected chi connectivity index (χ3v) is 3.52. The number of halogens is 2. The highest BCUT2D eigenvalue weighted by molar-refractivity contribution is 6.50. The first-order valence-corrected chi connectivity index (χ1v) is 6.12. The molecule has 1 atom stereocenters. The average molecular weight is 274 g/mol. The highest BCUT2D eigenvalue weighted by atomic mass is 35.5. The molecular weight excluding hydrogens is 261 g/mol. The summed E-state index contributed by atoms with van der Waals surface area (Å²) in [6, 6.07) is 7.28. The summed E-state index contributed by atoms with van der Waals surface area (Å²) in [5.74, 6) is 0.673. The molecule has 1 aromatic rings. The quantitative estimate of drug-likeness (QED) is 0.856. The number of carbonyl (C=O) groups excluding carboxylic acids is 1. The van der Waals surface area contributed by atoms with Crippen LogP contribution in [0.5, 0.6) is 5.75 Å². The van der Waals surface area contributed by atoms with E-state index in [-0.39, 0.29) is 11.8 Å². The summed E-state index contributed by atoms with van der Waals surface area (Å²) in [5.41, 5.74) is 0.662. The van der Waals surface area contributed by atoms with E-state index in [0.717, 1.165) is 6.42 Å². The van der Waals surface area contributed by atoms with Gasteiger partial charge in [0.25, 0.3) is 0 Å². The van der Waals surface area contributed by atoms with Crippen LogP contribution >= 0.6 is 23.2 Å². The fraction of sp³-hybridized carbons (Fsp3) is 0.417. The van der Waals surface area contributed by atoms with Crippen molar-refractivity contribution < 1.29 is 9.53 Å². The lowest BCUT2D eigenvalue weighted by Gasteiger charge is -2.11. The summed E-state index contributed by atoms with van der Waals surface area (Å²) in [4.78, 5) is 11.0. The van der Waals surface area contributed by atoms with Crippen LogP contribution in [-0.4, -0.2) is 16.8 Å². The first-order valence-electron chi connectivity index (χ1n) is 5.36. The molecule has 1 aliphatic carbocycles. The molecule has 0 aliphatic heterocycles. The Morgan fingerprint density at radius 2 is 2.18 bits per heavy atom. The fourth-order valence-electron chi connectivity index (χ4n) is 1.53. The van der Waals surface area contributed by atoms with Crippen LogP contribution in [0.1, 0.15) is 13.3 Å². The minimum atomic E-state index is -0.636. The van der Waals surface area contributed by atoms with Crippen LogP contribution in [0.2, 0.25) is 0 Å². The zero-order valence-corrected chi connectivity index (χ0v) is 10.9. The van der Waals surface area contributed by atoms with E-state index in [1.807, 2.05) is 12.1 Å². The summed E-state index contributed by atoms with van der Waals surface area (Å²) in [5, 5.41) is 2.71. The lowest BCUT2D eigenvalue weighted by molar-refractivity contribution is -0.114. The molecular formula is C12H13Cl2NO2. The summed E-state index contributed by atoms with van der Waals surface area (Å²) in [7, 11) is 0. The number of rotatable bonds is 4. The molecule has 1 aliphatic rings. The minimum Gasteiger partial charge on any atom is -0.491 e. The topological polar surface area (TPSA) is 38.3 Å². The van der Waals surface area contributed by atoms with Crippen molar-refractivity contribution in [2.24, 2.45) is 5.92 Å². The fourth-order valence-corrected chi connectivity index (χ4v) is 2.02. The third kappa shape index (κ3) is 3.27. The standard InChI is InChI=1S/C12H13Cl2NO2/c1-8(16)15-10-4-2-3-5-11(10)17-7-9-6-12(9,13)14/h2-5,9H,6-7H2,1H3,(H,15,16)/t9-/m1/s1. The van der Waals surface area contributed by atoms with E-state index >= 15 is 0 Å². The number of hydrogen-bond acceptors (Lipinski definition) is 2. The molecule has 92 valence electrons. The second-order valence-corrected chi connectivity index (χ2v) is 5.69. The van der Waals surface area contributed by atoms with E-state index in [2.05, 4.69) is 5.32 Å². The number of alkyl halides is 2. The van der Waals surface area contributed by atoms with Gasteiger partial charge in [0.2, 0.25) is 5.91 Å². The van der Waals surface area contributed by atoms with E-state index < -0.39 is 4.33 Å². The van der Waals surface area contributed by atoms with Gasteiger partial charge in [0, 0.05) is 12.8 Å². The van der Waals surface area contributed by atoms with Gasteiger partial charge in [0.05, 0.1) is 12.3 Å². The average Bonchev–Trinajstić information content (AvgIpc) is 2.84. The highest BCUT2D eigenvalue weighted by Gasteiger charge is 2.52. The van der Waals surface area contributed by atoms with Crippen molar-refractivity contribution >= 4 is 34.8 Å². The van der Waals surface area contributed by atoms with E-state index in [4.69, 9.17) is 27.9 Å². The van der Waals surface area contributed by atoms with Crippen LogP contribution in [0.4, 0.5) is 5.69 Å². The molecule has 0 heterocycles. The smallest absolute Gasteiger partial charge is 0.221 e. The van der Waals surface area contributed by atoms with Crippen molar-refractivity contribution in [3.8, 4) is 5.75 Å². The van der Waals surface area contributed by atoms with E-state index in [9.17, 15) is 4.79 Å². The molecule has 1 saturated carbocycles. The lowest BCUT2D eigenvalue weighted by Crippen LogP contribution is -2.10.